The second-order valence-electron chi connectivity index (χ2n) is 3.27. The highest BCUT2D eigenvalue weighted by atomic mass is 16.3. The van der Waals surface area contributed by atoms with E-state index >= 15 is 0 Å². The fourth-order valence-electron chi connectivity index (χ4n) is 1.10. The number of nitrogens with zero attached hydrogens (tertiary/aromatic N) is 1. The largest absolute Gasteiger partial charge is 0.392 e. The summed E-state index contributed by atoms with van der Waals surface area (Å²) in [6.07, 6.45) is 3.28. The van der Waals surface area contributed by atoms with Gasteiger partial charge in [-0.15, -0.1) is 0 Å². The Bertz CT molecular complexity index is 236. The molecule has 0 aliphatic rings. The molecular weight excluding hydrogens is 164 g/mol. The van der Waals surface area contributed by atoms with Gasteiger partial charge in [0.2, 0.25) is 0 Å². The molecule has 3 heteroatoms. The Morgan fingerprint density at radius 1 is 1.54 bits per heavy atom. The smallest absolute Gasteiger partial charge is 0.0636 e. The zero-order valence-electron chi connectivity index (χ0n) is 8.07. The summed E-state index contributed by atoms with van der Waals surface area (Å²) < 4.78 is 0. The van der Waals surface area contributed by atoms with Crippen LogP contribution < -0.4 is 5.32 Å². The van der Waals surface area contributed by atoms with Crippen molar-refractivity contribution in [2.24, 2.45) is 0 Å². The molecule has 72 valence electrons. The van der Waals surface area contributed by atoms with Gasteiger partial charge in [-0.1, -0.05) is 6.07 Å². The SMILES string of the molecule is CC(NC[C@@H](C)O)c1cccnc1. The number of hydrogen-bond donors (Lipinski definition) is 2. The first-order chi connectivity index (χ1) is 6.20. The lowest BCUT2D eigenvalue weighted by Gasteiger charge is -2.14. The molecule has 1 unspecified atom stereocenters. The Hall–Kier alpha value is -0.930. The fourth-order valence-corrected chi connectivity index (χ4v) is 1.10. The van der Waals surface area contributed by atoms with Gasteiger partial charge >= 0.3 is 0 Å². The first-order valence-electron chi connectivity index (χ1n) is 4.51. The molecule has 0 radical (unpaired) electrons. The van der Waals surface area contributed by atoms with Crippen molar-refractivity contribution in [1.29, 1.82) is 0 Å². The molecular formula is C10H16N2O. The number of pyridine rings is 1. The van der Waals surface area contributed by atoms with Gasteiger partial charge in [-0.25, -0.2) is 0 Å². The van der Waals surface area contributed by atoms with E-state index in [-0.39, 0.29) is 12.1 Å². The average molecular weight is 180 g/mol. The molecule has 0 fully saturated rings. The third-order valence-corrected chi connectivity index (χ3v) is 1.90. The van der Waals surface area contributed by atoms with E-state index in [1.54, 1.807) is 13.1 Å². The second kappa shape index (κ2) is 4.94. The molecule has 0 aliphatic carbocycles. The van der Waals surface area contributed by atoms with Crippen molar-refractivity contribution < 1.29 is 5.11 Å². The van der Waals surface area contributed by atoms with Crippen LogP contribution in [0.15, 0.2) is 24.5 Å². The van der Waals surface area contributed by atoms with Crippen molar-refractivity contribution in [3.05, 3.63) is 30.1 Å². The Labute approximate surface area is 78.8 Å². The van der Waals surface area contributed by atoms with Gasteiger partial charge in [0.15, 0.2) is 0 Å². The molecule has 3 nitrogen and oxygen atoms in total. The summed E-state index contributed by atoms with van der Waals surface area (Å²) in [6.45, 7) is 4.43. The minimum absolute atomic E-state index is 0.239. The lowest BCUT2D eigenvalue weighted by molar-refractivity contribution is 0.187. The highest BCUT2D eigenvalue weighted by Crippen LogP contribution is 2.08. The minimum Gasteiger partial charge on any atom is -0.392 e. The number of aliphatic hydroxyl groups is 1. The quantitative estimate of drug-likeness (QED) is 0.729. The van der Waals surface area contributed by atoms with Crippen molar-refractivity contribution in [3.8, 4) is 0 Å². The summed E-state index contributed by atoms with van der Waals surface area (Å²) in [7, 11) is 0. The molecule has 1 aromatic rings. The molecule has 13 heavy (non-hydrogen) atoms. The van der Waals surface area contributed by atoms with Gasteiger partial charge in [0.05, 0.1) is 6.10 Å². The van der Waals surface area contributed by atoms with Gasteiger partial charge in [0.25, 0.3) is 0 Å². The van der Waals surface area contributed by atoms with Gasteiger partial charge in [-0.3, -0.25) is 4.98 Å². The first-order valence-corrected chi connectivity index (χ1v) is 4.51. The third kappa shape index (κ3) is 3.53. The van der Waals surface area contributed by atoms with Crippen LogP contribution in [0, 0.1) is 0 Å². The molecule has 1 rings (SSSR count). The molecule has 1 heterocycles. The van der Waals surface area contributed by atoms with Crippen LogP contribution in [0.2, 0.25) is 0 Å². The summed E-state index contributed by atoms with van der Waals surface area (Å²) in [6, 6.07) is 4.17. The number of aliphatic hydroxyl groups excluding tert-OH is 1. The van der Waals surface area contributed by atoms with Crippen molar-refractivity contribution >= 4 is 0 Å². The third-order valence-electron chi connectivity index (χ3n) is 1.90. The van der Waals surface area contributed by atoms with Crippen LogP contribution in [-0.4, -0.2) is 22.7 Å². The molecule has 0 aromatic carbocycles. The lowest BCUT2D eigenvalue weighted by Crippen LogP contribution is -2.27. The Morgan fingerprint density at radius 2 is 2.31 bits per heavy atom. The predicted octanol–water partition coefficient (Wildman–Crippen LogP) is 1.11. The first kappa shape index (κ1) is 10.2. The van der Waals surface area contributed by atoms with Crippen LogP contribution in [0.1, 0.15) is 25.5 Å². The van der Waals surface area contributed by atoms with Crippen LogP contribution in [0.4, 0.5) is 0 Å². The maximum absolute atomic E-state index is 9.07. The summed E-state index contributed by atoms with van der Waals surface area (Å²) in [4.78, 5) is 4.03. The predicted molar refractivity (Wildman–Crippen MR) is 52.3 cm³/mol. The van der Waals surface area contributed by atoms with E-state index < -0.39 is 0 Å². The normalized spacial score (nSPS) is 15.3. The van der Waals surface area contributed by atoms with E-state index in [1.807, 2.05) is 18.3 Å². The van der Waals surface area contributed by atoms with Gasteiger partial charge in [-0.05, 0) is 25.5 Å². The molecule has 1 aromatic heterocycles. The van der Waals surface area contributed by atoms with Crippen LogP contribution in [0.25, 0.3) is 0 Å². The van der Waals surface area contributed by atoms with Crippen LogP contribution in [0.3, 0.4) is 0 Å². The van der Waals surface area contributed by atoms with E-state index in [2.05, 4.69) is 17.2 Å². The fraction of sp³-hybridized carbons (Fsp3) is 0.500. The van der Waals surface area contributed by atoms with Crippen molar-refractivity contribution in [2.75, 3.05) is 6.54 Å². The molecule has 2 N–H and O–H groups in total. The summed E-state index contributed by atoms with van der Waals surface area (Å²) >= 11 is 0. The second-order valence-corrected chi connectivity index (χ2v) is 3.27. The standard InChI is InChI=1S/C10H16N2O/c1-8(13)6-12-9(2)10-4-3-5-11-7-10/h3-5,7-9,12-13H,6H2,1-2H3/t8-,9?/m1/s1. The monoisotopic (exact) mass is 180 g/mol. The van der Waals surface area contributed by atoms with E-state index in [4.69, 9.17) is 5.11 Å². The van der Waals surface area contributed by atoms with Gasteiger partial charge in [0.1, 0.15) is 0 Å². The highest BCUT2D eigenvalue weighted by Gasteiger charge is 2.04. The lowest BCUT2D eigenvalue weighted by atomic mass is 10.1. The minimum atomic E-state index is -0.306. The van der Waals surface area contributed by atoms with Crippen molar-refractivity contribution in [3.63, 3.8) is 0 Å². The van der Waals surface area contributed by atoms with Crippen LogP contribution >= 0.6 is 0 Å². The molecule has 2 atom stereocenters. The van der Waals surface area contributed by atoms with Crippen molar-refractivity contribution in [2.45, 2.75) is 26.0 Å². The zero-order valence-corrected chi connectivity index (χ0v) is 8.07. The number of rotatable bonds is 4. The van der Waals surface area contributed by atoms with Crippen LogP contribution in [0.5, 0.6) is 0 Å². The Kier molecular flexibility index (Phi) is 3.86. The summed E-state index contributed by atoms with van der Waals surface area (Å²) in [5, 5.41) is 12.3. The molecule has 0 spiro atoms. The maximum Gasteiger partial charge on any atom is 0.0636 e. The summed E-state index contributed by atoms with van der Waals surface area (Å²) in [5.41, 5.74) is 1.14. The molecule has 0 amide bonds. The van der Waals surface area contributed by atoms with E-state index in [0.717, 1.165) is 5.56 Å². The Morgan fingerprint density at radius 3 is 2.85 bits per heavy atom. The molecule has 0 saturated carbocycles. The van der Waals surface area contributed by atoms with Crippen LogP contribution in [-0.2, 0) is 0 Å². The number of nitrogens with one attached hydrogen (secondary N) is 1. The zero-order chi connectivity index (χ0) is 9.68. The van der Waals surface area contributed by atoms with Gasteiger partial charge in [-0.2, -0.15) is 0 Å². The topological polar surface area (TPSA) is 45.1 Å². The number of hydrogen-bond acceptors (Lipinski definition) is 3. The number of aromatic nitrogens is 1. The molecule has 0 bridgehead atoms. The van der Waals surface area contributed by atoms with Crippen molar-refractivity contribution in [1.82, 2.24) is 10.3 Å². The molecule has 0 saturated heterocycles. The molecule has 0 aliphatic heterocycles. The van der Waals surface area contributed by atoms with E-state index in [9.17, 15) is 0 Å². The average Bonchev–Trinajstić information content (AvgIpc) is 2.15. The van der Waals surface area contributed by atoms with E-state index in [1.165, 1.54) is 0 Å². The van der Waals surface area contributed by atoms with Gasteiger partial charge < -0.3 is 10.4 Å². The maximum atomic E-state index is 9.07. The highest BCUT2D eigenvalue weighted by molar-refractivity contribution is 5.12. The van der Waals surface area contributed by atoms with E-state index in [0.29, 0.717) is 6.54 Å². The van der Waals surface area contributed by atoms with Gasteiger partial charge in [0, 0.05) is 25.0 Å². The summed E-state index contributed by atoms with van der Waals surface area (Å²) in [5.74, 6) is 0. The Balaban J connectivity index is 2.44.